The lowest BCUT2D eigenvalue weighted by atomic mass is 10.2. The number of rotatable bonds is 4. The molecule has 2 aromatic rings. The highest BCUT2D eigenvalue weighted by Crippen LogP contribution is 2.22. The van der Waals surface area contributed by atoms with Crippen molar-refractivity contribution < 1.29 is 9.53 Å². The normalized spacial score (nSPS) is 14.7. The first kappa shape index (κ1) is 17.8. The smallest absolute Gasteiger partial charge is 0.244 e. The predicted octanol–water partition coefficient (Wildman–Crippen LogP) is 2.62. The van der Waals surface area contributed by atoms with E-state index in [1.165, 1.54) is 0 Å². The van der Waals surface area contributed by atoms with Gasteiger partial charge in [-0.3, -0.25) is 9.48 Å². The van der Waals surface area contributed by atoms with Crippen LogP contribution in [0, 0.1) is 13.8 Å². The molecule has 0 N–H and O–H groups in total. The van der Waals surface area contributed by atoms with Crippen molar-refractivity contribution in [2.24, 2.45) is 0 Å². The Hall–Kier alpha value is -2.02. The van der Waals surface area contributed by atoms with Gasteiger partial charge >= 0.3 is 0 Å². The number of methoxy groups -OCH3 is 1. The summed E-state index contributed by atoms with van der Waals surface area (Å²) in [5.74, 6) is 0.973. The van der Waals surface area contributed by atoms with E-state index in [-0.39, 0.29) is 5.91 Å². The van der Waals surface area contributed by atoms with Crippen molar-refractivity contribution in [1.29, 1.82) is 0 Å². The Bertz CT molecular complexity index is 749. The van der Waals surface area contributed by atoms with Gasteiger partial charge in [0.15, 0.2) is 0 Å². The van der Waals surface area contributed by atoms with Crippen LogP contribution in [0.5, 0.6) is 5.75 Å². The lowest BCUT2D eigenvalue weighted by Crippen LogP contribution is -2.49. The van der Waals surface area contributed by atoms with E-state index in [1.54, 1.807) is 11.8 Å². The molecular weight excluding hydrogens is 384 g/mol. The van der Waals surface area contributed by atoms with Gasteiger partial charge < -0.3 is 14.5 Å². The van der Waals surface area contributed by atoms with Gasteiger partial charge in [0, 0.05) is 31.9 Å². The number of carbonyl (C=O) groups is 1. The molecule has 1 amide bonds. The number of ether oxygens (including phenoxy) is 1. The molecule has 0 atom stereocenters. The number of halogens is 1. The van der Waals surface area contributed by atoms with Crippen LogP contribution in [0.25, 0.3) is 0 Å². The van der Waals surface area contributed by atoms with Crippen LogP contribution in [0.1, 0.15) is 11.4 Å². The van der Waals surface area contributed by atoms with Crippen LogP contribution in [0.3, 0.4) is 0 Å². The van der Waals surface area contributed by atoms with E-state index in [1.807, 2.05) is 30.9 Å². The van der Waals surface area contributed by atoms with Gasteiger partial charge in [0.05, 0.1) is 23.0 Å². The third kappa shape index (κ3) is 3.81. The van der Waals surface area contributed by atoms with Gasteiger partial charge in [0.25, 0.3) is 0 Å². The summed E-state index contributed by atoms with van der Waals surface area (Å²) < 4.78 is 7.95. The SMILES string of the molecule is COc1ccc(N2CCN(C(=O)Cn3nc(C)c(Br)c3C)CC2)cc1. The topological polar surface area (TPSA) is 50.6 Å². The largest absolute Gasteiger partial charge is 0.497 e. The van der Waals surface area contributed by atoms with Gasteiger partial charge in [-0.15, -0.1) is 0 Å². The molecule has 0 saturated carbocycles. The molecule has 2 heterocycles. The second-order valence-corrected chi connectivity index (χ2v) is 7.00. The molecule has 6 nitrogen and oxygen atoms in total. The van der Waals surface area contributed by atoms with E-state index in [4.69, 9.17) is 4.74 Å². The molecular formula is C18H23BrN4O2. The van der Waals surface area contributed by atoms with Gasteiger partial charge in [-0.1, -0.05) is 0 Å². The van der Waals surface area contributed by atoms with Crippen LogP contribution in [0.4, 0.5) is 5.69 Å². The van der Waals surface area contributed by atoms with Crippen molar-refractivity contribution in [2.75, 3.05) is 38.2 Å². The van der Waals surface area contributed by atoms with Crippen molar-refractivity contribution in [3.8, 4) is 5.75 Å². The Morgan fingerprint density at radius 2 is 1.80 bits per heavy atom. The molecule has 3 rings (SSSR count). The Morgan fingerprint density at radius 3 is 2.32 bits per heavy atom. The highest BCUT2D eigenvalue weighted by Gasteiger charge is 2.22. The summed E-state index contributed by atoms with van der Waals surface area (Å²) in [6, 6.07) is 8.05. The van der Waals surface area contributed by atoms with Gasteiger partial charge in [-0.05, 0) is 54.0 Å². The summed E-state index contributed by atoms with van der Waals surface area (Å²) in [5.41, 5.74) is 3.06. The fraction of sp³-hybridized carbons (Fsp3) is 0.444. The summed E-state index contributed by atoms with van der Waals surface area (Å²) >= 11 is 3.51. The minimum absolute atomic E-state index is 0.118. The molecule has 1 saturated heterocycles. The van der Waals surface area contributed by atoms with Crippen LogP contribution in [-0.4, -0.2) is 53.9 Å². The van der Waals surface area contributed by atoms with Crippen LogP contribution < -0.4 is 9.64 Å². The van der Waals surface area contributed by atoms with Gasteiger partial charge in [-0.2, -0.15) is 5.10 Å². The highest BCUT2D eigenvalue weighted by atomic mass is 79.9. The zero-order valence-corrected chi connectivity index (χ0v) is 16.4. The van der Waals surface area contributed by atoms with Gasteiger partial charge in [0.1, 0.15) is 12.3 Å². The number of benzene rings is 1. The third-order valence-electron chi connectivity index (χ3n) is 4.65. The summed E-state index contributed by atoms with van der Waals surface area (Å²) in [7, 11) is 1.67. The Morgan fingerprint density at radius 1 is 1.16 bits per heavy atom. The van der Waals surface area contributed by atoms with Crippen molar-refractivity contribution in [3.63, 3.8) is 0 Å². The summed E-state index contributed by atoms with van der Waals surface area (Å²) in [5, 5.41) is 4.42. The lowest BCUT2D eigenvalue weighted by Gasteiger charge is -2.36. The van der Waals surface area contributed by atoms with E-state index < -0.39 is 0 Å². The average molecular weight is 407 g/mol. The molecule has 0 spiro atoms. The first-order chi connectivity index (χ1) is 12.0. The number of aromatic nitrogens is 2. The minimum atomic E-state index is 0.118. The zero-order valence-electron chi connectivity index (χ0n) is 14.8. The van der Waals surface area contributed by atoms with E-state index in [2.05, 4.69) is 38.1 Å². The average Bonchev–Trinajstić information content (AvgIpc) is 2.88. The maximum atomic E-state index is 12.6. The van der Waals surface area contributed by atoms with Crippen molar-refractivity contribution >= 4 is 27.5 Å². The van der Waals surface area contributed by atoms with Crippen LogP contribution >= 0.6 is 15.9 Å². The molecule has 0 unspecified atom stereocenters. The second-order valence-electron chi connectivity index (χ2n) is 6.21. The Labute approximate surface area is 156 Å². The fourth-order valence-corrected chi connectivity index (χ4v) is 3.35. The Balaban J connectivity index is 1.57. The van der Waals surface area contributed by atoms with E-state index >= 15 is 0 Å². The number of anilines is 1. The van der Waals surface area contributed by atoms with Crippen LogP contribution in [0.2, 0.25) is 0 Å². The summed E-state index contributed by atoms with van der Waals surface area (Å²) in [4.78, 5) is 16.8. The first-order valence-corrected chi connectivity index (χ1v) is 9.15. The van der Waals surface area contributed by atoms with Crippen molar-refractivity contribution in [2.45, 2.75) is 20.4 Å². The molecule has 0 bridgehead atoms. The highest BCUT2D eigenvalue weighted by molar-refractivity contribution is 9.10. The molecule has 134 valence electrons. The maximum absolute atomic E-state index is 12.6. The van der Waals surface area contributed by atoms with Crippen LogP contribution in [0.15, 0.2) is 28.7 Å². The first-order valence-electron chi connectivity index (χ1n) is 8.36. The lowest BCUT2D eigenvalue weighted by molar-refractivity contribution is -0.132. The molecule has 0 radical (unpaired) electrons. The van der Waals surface area contributed by atoms with Gasteiger partial charge in [-0.25, -0.2) is 0 Å². The fourth-order valence-electron chi connectivity index (χ4n) is 3.06. The van der Waals surface area contributed by atoms with Crippen LogP contribution in [-0.2, 0) is 11.3 Å². The molecule has 1 aromatic heterocycles. The quantitative estimate of drug-likeness (QED) is 0.782. The van der Waals surface area contributed by atoms with E-state index in [0.29, 0.717) is 6.54 Å². The number of hydrogen-bond donors (Lipinski definition) is 0. The second kappa shape index (κ2) is 7.47. The predicted molar refractivity (Wildman–Crippen MR) is 101 cm³/mol. The van der Waals surface area contributed by atoms with Crippen molar-refractivity contribution in [1.82, 2.24) is 14.7 Å². The molecule has 1 aliphatic rings. The molecule has 7 heteroatoms. The summed E-state index contributed by atoms with van der Waals surface area (Å²) in [6.45, 7) is 7.32. The number of aryl methyl sites for hydroxylation is 1. The van der Waals surface area contributed by atoms with Crippen molar-refractivity contribution in [3.05, 3.63) is 40.1 Å². The Kier molecular flexibility index (Phi) is 5.32. The number of amides is 1. The maximum Gasteiger partial charge on any atom is 0.244 e. The summed E-state index contributed by atoms with van der Waals surface area (Å²) in [6.07, 6.45) is 0. The van der Waals surface area contributed by atoms with Gasteiger partial charge in [0.2, 0.25) is 5.91 Å². The molecule has 0 aliphatic carbocycles. The molecule has 25 heavy (non-hydrogen) atoms. The standard InChI is InChI=1S/C18H23BrN4O2/c1-13-18(19)14(2)23(20-13)12-17(24)22-10-8-21(9-11-22)15-4-6-16(25-3)7-5-15/h4-7H,8-12H2,1-3H3. The molecule has 1 aromatic carbocycles. The van der Waals surface area contributed by atoms with E-state index in [0.717, 1.165) is 53.5 Å². The number of nitrogens with zero attached hydrogens (tertiary/aromatic N) is 4. The number of piperazine rings is 1. The number of carbonyl (C=O) groups excluding carboxylic acids is 1. The third-order valence-corrected chi connectivity index (χ3v) is 5.80. The monoisotopic (exact) mass is 406 g/mol. The minimum Gasteiger partial charge on any atom is -0.497 e. The number of hydrogen-bond acceptors (Lipinski definition) is 4. The molecule has 1 aliphatic heterocycles. The molecule has 1 fully saturated rings. The van der Waals surface area contributed by atoms with E-state index in [9.17, 15) is 4.79 Å². The zero-order chi connectivity index (χ0) is 18.0.